The minimum absolute atomic E-state index is 1.03. The predicted molar refractivity (Wildman–Crippen MR) is 261 cm³/mol. The molecule has 4 heterocycles. The number of nitrogens with zero attached hydrogens (tertiary/aromatic N) is 6. The SMILES string of the molecule is CN1C(=Cc2cc[n+](CCCCC(CCCC(CCCC[n+]3ccc(C=C4Sc5ccccc5N4C)c4ccccc43)=[N+](C)C)=[N+](C)C)c3ccccc23)Sc2ccccc21. The number of para-hydroxylation sites is 4. The average molecular weight is 847 g/mol. The quantitative estimate of drug-likeness (QED) is 0.0549. The van der Waals surface area contributed by atoms with Gasteiger partial charge in [0, 0.05) is 86.7 Å². The number of hydrogen-bond donors (Lipinski definition) is 0. The molecule has 0 amide bonds. The molecule has 4 aromatic carbocycles. The van der Waals surface area contributed by atoms with Crippen molar-refractivity contribution in [2.45, 2.75) is 80.7 Å². The number of rotatable bonds is 16. The van der Waals surface area contributed by atoms with Crippen LogP contribution in [0.4, 0.5) is 11.4 Å². The molecule has 0 saturated carbocycles. The molecule has 0 bridgehead atoms. The summed E-state index contributed by atoms with van der Waals surface area (Å²) in [6, 6.07) is 39.7. The smallest absolute Gasteiger partial charge is 0.213 e. The molecule has 8 heteroatoms. The van der Waals surface area contributed by atoms with Gasteiger partial charge in [0.2, 0.25) is 11.0 Å². The van der Waals surface area contributed by atoms with Gasteiger partial charge in [-0.25, -0.2) is 9.15 Å². The molecule has 0 aliphatic carbocycles. The monoisotopic (exact) mass is 846 g/mol. The van der Waals surface area contributed by atoms with Gasteiger partial charge in [0.05, 0.1) is 32.2 Å². The maximum Gasteiger partial charge on any atom is 0.213 e. The van der Waals surface area contributed by atoms with E-state index >= 15 is 0 Å². The lowest BCUT2D eigenvalue weighted by atomic mass is 10.0. The molecule has 0 radical (unpaired) electrons. The van der Waals surface area contributed by atoms with Gasteiger partial charge in [-0.05, 0) is 78.9 Å². The lowest BCUT2D eigenvalue weighted by Crippen LogP contribution is -2.34. The van der Waals surface area contributed by atoms with Crippen LogP contribution >= 0.6 is 23.5 Å². The fourth-order valence-corrected chi connectivity index (χ4v) is 11.1. The second kappa shape index (κ2) is 19.7. The minimum atomic E-state index is 1.03. The molecule has 0 fully saturated rings. The van der Waals surface area contributed by atoms with Crippen LogP contribution in [0.3, 0.4) is 0 Å². The van der Waals surface area contributed by atoms with Gasteiger partial charge in [-0.2, -0.15) is 9.13 Å². The zero-order valence-electron chi connectivity index (χ0n) is 37.0. The molecule has 8 rings (SSSR count). The van der Waals surface area contributed by atoms with Crippen LogP contribution in [0, 0.1) is 0 Å². The van der Waals surface area contributed by atoms with Crippen molar-refractivity contribution in [2.75, 3.05) is 52.1 Å². The second-order valence-corrected chi connectivity index (χ2v) is 19.0. The third-order valence-electron chi connectivity index (χ3n) is 12.4. The third-order valence-corrected chi connectivity index (χ3v) is 14.8. The van der Waals surface area contributed by atoms with Gasteiger partial charge in [-0.15, -0.1) is 0 Å². The first-order valence-corrected chi connectivity index (χ1v) is 23.7. The zero-order valence-corrected chi connectivity index (χ0v) is 38.6. The second-order valence-electron chi connectivity index (χ2n) is 16.9. The fourth-order valence-electron chi connectivity index (χ4n) is 8.88. The molecule has 6 aromatic rings. The molecular weight excluding hydrogens is 785 g/mol. The van der Waals surface area contributed by atoms with E-state index in [9.17, 15) is 0 Å². The summed E-state index contributed by atoms with van der Waals surface area (Å²) in [5, 5.41) is 5.15. The van der Waals surface area contributed by atoms with Gasteiger partial charge in [-0.3, -0.25) is 0 Å². The Labute approximate surface area is 372 Å². The summed E-state index contributed by atoms with van der Waals surface area (Å²) in [5.41, 5.74) is 10.9. The van der Waals surface area contributed by atoms with Crippen molar-refractivity contribution in [1.82, 2.24) is 0 Å². The van der Waals surface area contributed by atoms with Gasteiger partial charge in [0.15, 0.2) is 23.8 Å². The predicted octanol–water partition coefficient (Wildman–Crippen LogP) is 11.3. The Morgan fingerprint density at radius 2 is 0.885 bits per heavy atom. The highest BCUT2D eigenvalue weighted by atomic mass is 32.2. The summed E-state index contributed by atoms with van der Waals surface area (Å²) in [6.45, 7) is 2.05. The van der Waals surface area contributed by atoms with Crippen LogP contribution in [0.1, 0.15) is 68.9 Å². The van der Waals surface area contributed by atoms with Crippen molar-refractivity contribution in [3.8, 4) is 0 Å². The van der Waals surface area contributed by atoms with E-state index < -0.39 is 0 Å². The first-order chi connectivity index (χ1) is 29.7. The maximum atomic E-state index is 2.45. The lowest BCUT2D eigenvalue weighted by molar-refractivity contribution is -0.672. The lowest BCUT2D eigenvalue weighted by Gasteiger charge is -2.13. The van der Waals surface area contributed by atoms with Crippen molar-refractivity contribution >= 4 is 80.3 Å². The van der Waals surface area contributed by atoms with Gasteiger partial charge < -0.3 is 9.80 Å². The molecule has 2 aromatic heterocycles. The highest BCUT2D eigenvalue weighted by molar-refractivity contribution is 8.04. The molecule has 312 valence electrons. The molecule has 0 saturated heterocycles. The van der Waals surface area contributed by atoms with Crippen LogP contribution in [0.15, 0.2) is 141 Å². The number of aromatic nitrogens is 2. The number of unbranched alkanes of at least 4 members (excludes halogenated alkanes) is 2. The van der Waals surface area contributed by atoms with E-state index in [0.29, 0.717) is 0 Å². The zero-order chi connectivity index (χ0) is 42.3. The largest absolute Gasteiger partial charge is 0.338 e. The maximum absolute atomic E-state index is 2.45. The Kier molecular flexibility index (Phi) is 13.7. The summed E-state index contributed by atoms with van der Waals surface area (Å²) in [5.74, 6) is 0. The van der Waals surface area contributed by atoms with Crippen LogP contribution in [-0.4, -0.2) is 62.9 Å². The van der Waals surface area contributed by atoms with Crippen molar-refractivity contribution in [3.63, 3.8) is 0 Å². The Morgan fingerprint density at radius 3 is 1.31 bits per heavy atom. The Hall–Kier alpha value is -5.18. The van der Waals surface area contributed by atoms with E-state index in [4.69, 9.17) is 0 Å². The summed E-state index contributed by atoms with van der Waals surface area (Å²) >= 11 is 3.71. The Morgan fingerprint density at radius 1 is 0.492 bits per heavy atom. The van der Waals surface area contributed by atoms with E-state index in [1.807, 2.05) is 23.5 Å². The van der Waals surface area contributed by atoms with Crippen molar-refractivity contribution in [3.05, 3.63) is 143 Å². The van der Waals surface area contributed by atoms with Crippen LogP contribution in [0.5, 0.6) is 0 Å². The summed E-state index contributed by atoms with van der Waals surface area (Å²) < 4.78 is 9.66. The molecule has 61 heavy (non-hydrogen) atoms. The normalized spacial score (nSPS) is 14.7. The summed E-state index contributed by atoms with van der Waals surface area (Å²) in [6.07, 6.45) is 19.8. The van der Waals surface area contributed by atoms with Crippen LogP contribution in [0.2, 0.25) is 0 Å². The average Bonchev–Trinajstić information content (AvgIpc) is 3.77. The standard InChI is InChI=1S/C53H62N6S2/c1-54(2)42(20-15-17-34-58-36-32-40(44-24-7-9-26-46(44)58)38-52-56(5)48-28-11-13-30-50(48)60-52)22-19-23-43(55(3)4)21-16-18-35-59-37-33-41(45-25-8-10-27-47(45)59)39-53-57(6)49-29-12-14-31-51(49)61-53/h7-14,24-33,36-39H,15-23,34-35H2,1-6H3/q+4. The highest BCUT2D eigenvalue weighted by Gasteiger charge is 2.24. The molecule has 0 atom stereocenters. The fraction of sp³-hybridized carbons (Fsp3) is 0.321. The molecule has 0 spiro atoms. The Balaban J connectivity index is 0.807. The van der Waals surface area contributed by atoms with E-state index in [0.717, 1.165) is 51.6 Å². The summed E-state index contributed by atoms with van der Waals surface area (Å²) in [4.78, 5) is 7.26. The number of anilines is 2. The van der Waals surface area contributed by atoms with Crippen molar-refractivity contribution in [2.24, 2.45) is 0 Å². The molecule has 0 unspecified atom stereocenters. The first-order valence-electron chi connectivity index (χ1n) is 22.1. The molecule has 2 aliphatic heterocycles. The van der Waals surface area contributed by atoms with Gasteiger partial charge in [0.25, 0.3) is 0 Å². The first kappa shape index (κ1) is 42.5. The summed E-state index contributed by atoms with van der Waals surface area (Å²) in [7, 11) is 13.3. The molecule has 6 nitrogen and oxygen atoms in total. The number of pyridine rings is 2. The van der Waals surface area contributed by atoms with Crippen LogP contribution in [-0.2, 0) is 13.1 Å². The van der Waals surface area contributed by atoms with Crippen molar-refractivity contribution in [1.29, 1.82) is 0 Å². The van der Waals surface area contributed by atoms with Gasteiger partial charge in [0.1, 0.15) is 41.3 Å². The minimum Gasteiger partial charge on any atom is -0.338 e. The van der Waals surface area contributed by atoms with E-state index in [1.165, 1.54) is 83.4 Å². The molecular formula is C53H62N6S2+4. The Bertz CT molecular complexity index is 2480. The number of benzene rings is 4. The van der Waals surface area contributed by atoms with Crippen molar-refractivity contribution < 1.29 is 18.3 Å². The number of aryl methyl sites for hydroxylation is 2. The van der Waals surface area contributed by atoms with Crippen LogP contribution in [0.25, 0.3) is 34.0 Å². The van der Waals surface area contributed by atoms with E-state index in [-0.39, 0.29) is 0 Å². The van der Waals surface area contributed by atoms with E-state index in [1.54, 1.807) is 11.4 Å². The molecule has 0 N–H and O–H groups in total. The number of hydrogen-bond acceptors (Lipinski definition) is 4. The van der Waals surface area contributed by atoms with E-state index in [2.05, 4.69) is 204 Å². The van der Waals surface area contributed by atoms with Crippen LogP contribution < -0.4 is 18.9 Å². The number of thioether (sulfide) groups is 2. The third kappa shape index (κ3) is 9.82. The molecule has 2 aliphatic rings. The van der Waals surface area contributed by atoms with Gasteiger partial charge >= 0.3 is 0 Å². The number of fused-ring (bicyclic) bond motifs is 4. The highest BCUT2D eigenvalue weighted by Crippen LogP contribution is 2.46. The topological polar surface area (TPSA) is 20.3 Å². The van der Waals surface area contributed by atoms with Gasteiger partial charge in [-0.1, -0.05) is 72.1 Å².